The molecule has 0 aliphatic carbocycles. The van der Waals surface area contributed by atoms with Gasteiger partial charge in [-0.25, -0.2) is 14.4 Å². The first-order chi connectivity index (χ1) is 56.3. The molecule has 0 saturated heterocycles. The van der Waals surface area contributed by atoms with Crippen molar-refractivity contribution in [3.05, 3.63) is 216 Å². The van der Waals surface area contributed by atoms with Gasteiger partial charge in [-0.1, -0.05) is 96.0 Å². The Labute approximate surface area is 677 Å². The van der Waals surface area contributed by atoms with Crippen molar-refractivity contribution in [3.8, 4) is 47.0 Å². The third-order valence-corrected chi connectivity index (χ3v) is 16.4. The molecule has 6 heterocycles. The van der Waals surface area contributed by atoms with E-state index in [9.17, 15) is 28.8 Å². The van der Waals surface area contributed by atoms with Gasteiger partial charge in [-0.15, -0.1) is 0 Å². The van der Waals surface area contributed by atoms with Gasteiger partial charge in [0.25, 0.3) is 17.7 Å². The molecule has 10 N–H and O–H groups in total. The smallest absolute Gasteiger partial charge is 0.328 e. The highest BCUT2D eigenvalue weighted by Gasteiger charge is 2.25. The van der Waals surface area contributed by atoms with Crippen LogP contribution in [0.1, 0.15) is 111 Å². The maximum Gasteiger partial charge on any atom is 0.328 e. The molecule has 0 fully saturated rings. The van der Waals surface area contributed by atoms with E-state index in [-0.39, 0.29) is 57.7 Å². The minimum absolute atomic E-state index is 0.00841. The quantitative estimate of drug-likeness (QED) is 0.0269. The summed E-state index contributed by atoms with van der Waals surface area (Å²) in [4.78, 5) is 103. The Hall–Kier alpha value is -15.4. The van der Waals surface area contributed by atoms with E-state index in [0.29, 0.717) is 132 Å². The maximum absolute atomic E-state index is 13.0. The molecule has 118 heavy (non-hydrogen) atoms. The maximum atomic E-state index is 13.0. The summed E-state index contributed by atoms with van der Waals surface area (Å²) < 4.78 is 52.5. The number of nitrogens with zero attached hydrogens (tertiary/aromatic N) is 10. The van der Waals surface area contributed by atoms with Crippen LogP contribution in [0, 0.1) is 0 Å². The summed E-state index contributed by atoms with van der Waals surface area (Å²) in [5.41, 5.74) is 5.05. The number of rotatable bonds is 24. The minimum atomic E-state index is -0.477. The number of amides is 9. The van der Waals surface area contributed by atoms with E-state index < -0.39 is 18.1 Å². The van der Waals surface area contributed by atoms with Crippen LogP contribution in [-0.4, -0.2) is 131 Å². The fraction of sp³-hybridized carbons (Fsp3) is 0.232. The number of methoxy groups -OCH3 is 6. The Bertz CT molecular complexity index is 5200. The van der Waals surface area contributed by atoms with Crippen LogP contribution in [-0.2, 0) is 16.2 Å². The van der Waals surface area contributed by atoms with Gasteiger partial charge in [-0.05, 0) is 127 Å². The average molecular weight is 1610 g/mol. The van der Waals surface area contributed by atoms with Gasteiger partial charge in [0.15, 0.2) is 17.5 Å². The van der Waals surface area contributed by atoms with E-state index >= 15 is 0 Å². The summed E-state index contributed by atoms with van der Waals surface area (Å²) >= 11 is 0. The Morgan fingerprint density at radius 2 is 0.644 bits per heavy atom. The first kappa shape index (κ1) is 85.0. The van der Waals surface area contributed by atoms with Crippen molar-refractivity contribution in [2.45, 2.75) is 78.6 Å². The zero-order chi connectivity index (χ0) is 84.8. The van der Waals surface area contributed by atoms with Crippen LogP contribution in [0.25, 0.3) is 0 Å². The number of ether oxygens (including phenoxy) is 7. The molecule has 0 aliphatic heterocycles. The molecule has 0 bridgehead atoms. The minimum Gasteiger partial charge on any atom is -0.481 e. The zero-order valence-corrected chi connectivity index (χ0v) is 67.3. The van der Waals surface area contributed by atoms with Crippen LogP contribution >= 0.6 is 0 Å². The molecule has 36 nitrogen and oxygen atoms in total. The Balaban J connectivity index is 0.000000186. The van der Waals surface area contributed by atoms with Crippen LogP contribution < -0.4 is 91.2 Å². The largest absolute Gasteiger partial charge is 0.481 e. The van der Waals surface area contributed by atoms with Gasteiger partial charge in [0.2, 0.25) is 47.2 Å². The van der Waals surface area contributed by atoms with Crippen LogP contribution in [0.4, 0.5) is 89.2 Å². The lowest BCUT2D eigenvalue weighted by Crippen LogP contribution is -2.19. The summed E-state index contributed by atoms with van der Waals surface area (Å²) in [5, 5.41) is 39.2. The van der Waals surface area contributed by atoms with Crippen LogP contribution in [0.3, 0.4) is 0 Å². The Kier molecular flexibility index (Phi) is 27.7. The molecule has 0 saturated carbocycles. The summed E-state index contributed by atoms with van der Waals surface area (Å²) in [6, 6.07) is 48.8. The molecule has 6 aromatic heterocycles. The summed E-state index contributed by atoms with van der Waals surface area (Å²) in [6.07, 6.45) is 0. The number of benzene rings is 6. The third kappa shape index (κ3) is 24.6. The van der Waals surface area contributed by atoms with Crippen LogP contribution in [0.2, 0.25) is 0 Å². The van der Waals surface area contributed by atoms with Crippen molar-refractivity contribution < 1.29 is 75.5 Å². The molecule has 6 aromatic carbocycles. The van der Waals surface area contributed by atoms with Crippen molar-refractivity contribution >= 4 is 111 Å². The molecule has 12 aromatic rings. The summed E-state index contributed by atoms with van der Waals surface area (Å²) in [6.45, 7) is 17.9. The number of aromatic nitrogens is 9. The number of carbonyl (C=O) groups excluding carboxylic acids is 6. The number of carbonyl (C=O) groups is 6. The number of anilines is 13. The van der Waals surface area contributed by atoms with Gasteiger partial charge in [0, 0.05) is 104 Å². The summed E-state index contributed by atoms with van der Waals surface area (Å²) in [5.74, 6) is 4.81. The highest BCUT2D eigenvalue weighted by molar-refractivity contribution is 6.07. The lowest BCUT2D eigenvalue weighted by atomic mass is 9.93. The molecule has 0 atom stereocenters. The van der Waals surface area contributed by atoms with E-state index in [1.807, 2.05) is 68.4 Å². The molecule has 12 rings (SSSR count). The zero-order valence-electron chi connectivity index (χ0n) is 67.3. The van der Waals surface area contributed by atoms with Crippen molar-refractivity contribution in [2.75, 3.05) is 108 Å². The van der Waals surface area contributed by atoms with Crippen LogP contribution in [0.5, 0.6) is 47.0 Å². The Morgan fingerprint density at radius 3 is 0.992 bits per heavy atom. The highest BCUT2D eigenvalue weighted by atomic mass is 16.5. The van der Waals surface area contributed by atoms with E-state index in [0.717, 1.165) is 0 Å². The van der Waals surface area contributed by atoms with Crippen LogP contribution in [0.15, 0.2) is 196 Å². The first-order valence-corrected chi connectivity index (χ1v) is 36.1. The van der Waals surface area contributed by atoms with E-state index in [1.165, 1.54) is 48.7 Å². The molecular formula is C82H88N20O16. The van der Waals surface area contributed by atoms with Gasteiger partial charge >= 0.3 is 24.1 Å². The predicted octanol–water partition coefficient (Wildman–Crippen LogP) is 16.3. The van der Waals surface area contributed by atoms with E-state index in [4.69, 9.17) is 46.7 Å². The second-order valence-corrected chi connectivity index (χ2v) is 28.5. The SMILES string of the molecule is COc1cc(OC)nc(N(C)c2cccc(C(=O)Nc3ccc(NC(=O)Nc4cc(C(C)(C)C)on4)cc3)c2)n1.COc1cc(OC)nc(Nc2cccc(C(=O)Nc3ccc(NC(=O)Nc4cc(C(C)(C)C)on4)cc3)c2)n1.COc1cc(OC)nc(Oc2cccc(C(=O)Nc3ccc(NC(=O)Nc4cc(C(C)(C)C)on4)cc3)c2)n1. The van der Waals surface area contributed by atoms with Crippen molar-refractivity contribution in [1.29, 1.82) is 0 Å². The van der Waals surface area contributed by atoms with Crippen molar-refractivity contribution in [3.63, 3.8) is 0 Å². The van der Waals surface area contributed by atoms with Gasteiger partial charge in [-0.2, -0.15) is 29.9 Å². The molecule has 9 amide bonds. The second-order valence-electron chi connectivity index (χ2n) is 28.5. The normalized spacial score (nSPS) is 10.9. The summed E-state index contributed by atoms with van der Waals surface area (Å²) in [7, 11) is 10.7. The van der Waals surface area contributed by atoms with Gasteiger partial charge in [-0.3, -0.25) is 30.3 Å². The molecule has 0 unspecified atom stereocenters. The predicted molar refractivity (Wildman–Crippen MR) is 443 cm³/mol. The number of nitrogens with one attached hydrogen (secondary N) is 10. The fourth-order valence-corrected chi connectivity index (χ4v) is 10.1. The van der Waals surface area contributed by atoms with E-state index in [1.54, 1.807) is 182 Å². The topological polar surface area (TPSA) is 446 Å². The van der Waals surface area contributed by atoms with Gasteiger partial charge < -0.3 is 88.8 Å². The van der Waals surface area contributed by atoms with Gasteiger partial charge in [0.05, 0.1) is 60.9 Å². The van der Waals surface area contributed by atoms with Gasteiger partial charge in [0.1, 0.15) is 23.0 Å². The molecule has 0 spiro atoms. The molecule has 0 aliphatic rings. The number of hydrogen-bond donors (Lipinski definition) is 10. The van der Waals surface area contributed by atoms with Crippen molar-refractivity contribution in [1.82, 2.24) is 45.4 Å². The fourth-order valence-electron chi connectivity index (χ4n) is 10.1. The second kappa shape index (κ2) is 38.4. The Morgan fingerprint density at radius 1 is 0.331 bits per heavy atom. The molecule has 612 valence electrons. The number of hydrogen-bond acceptors (Lipinski definition) is 27. The molecule has 0 radical (unpaired) electrons. The standard InChI is InChI=1S/C28H31N7O5.C27H29N7O5.C27H28N6O6/c1-28(2,3)21-15-22(34-40-21)31-27(37)30-19-12-10-18(11-13-19)29-25(36)17-8-7-9-20(14-17)35(4)26-32-23(38-5)16-24(33-26)39-6;1-27(2,3)20-14-21(34-39-20)31-26(36)30-18-11-9-17(10-12-18)28-24(35)16-7-6-8-19(13-16)29-25-32-22(37-4)15-23(33-25)38-5;1-27(2,3)20-14-21(33-39-20)30-25(35)29-18-11-9-17(10-12-18)28-24(34)16-7-6-8-19(13-16)38-26-31-22(36-4)15-23(32-26)37-5/h7-16H,1-6H3,(H,29,36)(H2,30,31,34,37);6-15H,1-5H3,(H,28,35)(H,29,32,33)(H2,30,31,34,36);6-15H,1-5H3,(H,28,34)(H2,29,30,33,35). The third-order valence-electron chi connectivity index (χ3n) is 16.4. The van der Waals surface area contributed by atoms with Crippen molar-refractivity contribution in [2.24, 2.45) is 0 Å². The van der Waals surface area contributed by atoms with E-state index in [2.05, 4.69) is 98.5 Å². The molecule has 36 heteroatoms. The lowest BCUT2D eigenvalue weighted by molar-refractivity contribution is 0.101. The first-order valence-electron chi connectivity index (χ1n) is 36.1. The lowest BCUT2D eigenvalue weighted by Gasteiger charge is -2.19. The monoisotopic (exact) mass is 1610 g/mol. The number of urea groups is 3. The average Bonchev–Trinajstić information content (AvgIpc) is 1.65. The highest BCUT2D eigenvalue weighted by Crippen LogP contribution is 2.32. The molecular weight excluding hydrogens is 1520 g/mol.